The van der Waals surface area contributed by atoms with Gasteiger partial charge in [-0.05, 0) is 18.2 Å². The number of aromatic nitrogens is 2. The molecule has 0 aliphatic heterocycles. The fourth-order valence-electron chi connectivity index (χ4n) is 1.15. The molecule has 1 aromatic heterocycles. The Morgan fingerprint density at radius 1 is 1.28 bits per heavy atom. The summed E-state index contributed by atoms with van der Waals surface area (Å²) in [6.07, 6.45) is 0.869. The van der Waals surface area contributed by atoms with Gasteiger partial charge in [-0.3, -0.25) is 5.43 Å². The van der Waals surface area contributed by atoms with E-state index >= 15 is 0 Å². The number of nitrogens with two attached hydrogens (primary N) is 1. The average molecular weight is 317 g/mol. The summed E-state index contributed by atoms with van der Waals surface area (Å²) in [6, 6.07) is 4.09. The van der Waals surface area contributed by atoms with Gasteiger partial charge in [0.25, 0.3) is 5.88 Å². The molecular formula is C10H7BrF2N4O. The second-order valence-electron chi connectivity index (χ2n) is 3.17. The minimum atomic E-state index is -0.823. The number of anilines is 1. The van der Waals surface area contributed by atoms with Crippen LogP contribution < -0.4 is 16.0 Å². The average Bonchev–Trinajstić information content (AvgIpc) is 2.35. The second kappa shape index (κ2) is 5.23. The molecule has 0 aliphatic carbocycles. The van der Waals surface area contributed by atoms with Crippen molar-refractivity contribution in [3.8, 4) is 11.6 Å². The Balaban J connectivity index is 2.33. The third-order valence-corrected chi connectivity index (χ3v) is 2.43. The number of nitrogens with zero attached hydrogens (tertiary/aromatic N) is 2. The standard InChI is InChI=1S/C10H7BrF2N4O/c11-5-1-2-8(6(12)3-5)18-9-7(13)4-15-10(16-9)17-14/h1-4H,14H2,(H,15,16,17). The smallest absolute Gasteiger partial charge is 0.261 e. The summed E-state index contributed by atoms with van der Waals surface area (Å²) in [5.74, 6) is 3.00. The van der Waals surface area contributed by atoms with Crippen molar-refractivity contribution < 1.29 is 13.5 Å². The van der Waals surface area contributed by atoms with E-state index in [-0.39, 0.29) is 11.7 Å². The maximum atomic E-state index is 13.5. The largest absolute Gasteiger partial charge is 0.433 e. The van der Waals surface area contributed by atoms with Crippen LogP contribution in [0.5, 0.6) is 11.6 Å². The number of hydrogen-bond acceptors (Lipinski definition) is 5. The summed E-state index contributed by atoms with van der Waals surface area (Å²) in [4.78, 5) is 7.16. The highest BCUT2D eigenvalue weighted by molar-refractivity contribution is 9.10. The lowest BCUT2D eigenvalue weighted by molar-refractivity contribution is 0.397. The van der Waals surface area contributed by atoms with E-state index in [0.29, 0.717) is 4.47 Å². The monoisotopic (exact) mass is 316 g/mol. The van der Waals surface area contributed by atoms with E-state index in [2.05, 4.69) is 31.3 Å². The maximum absolute atomic E-state index is 13.5. The third-order valence-electron chi connectivity index (χ3n) is 1.94. The first-order valence-corrected chi connectivity index (χ1v) is 5.51. The van der Waals surface area contributed by atoms with Gasteiger partial charge in [-0.2, -0.15) is 9.37 Å². The number of halogens is 3. The molecule has 5 nitrogen and oxygen atoms in total. The van der Waals surface area contributed by atoms with Crippen LogP contribution in [0.25, 0.3) is 0 Å². The van der Waals surface area contributed by atoms with Crippen molar-refractivity contribution in [2.45, 2.75) is 0 Å². The second-order valence-corrected chi connectivity index (χ2v) is 4.08. The van der Waals surface area contributed by atoms with Crippen LogP contribution >= 0.6 is 15.9 Å². The van der Waals surface area contributed by atoms with E-state index in [9.17, 15) is 8.78 Å². The Morgan fingerprint density at radius 3 is 2.72 bits per heavy atom. The van der Waals surface area contributed by atoms with Gasteiger partial charge < -0.3 is 4.74 Å². The lowest BCUT2D eigenvalue weighted by atomic mass is 10.3. The van der Waals surface area contributed by atoms with E-state index in [1.165, 1.54) is 12.1 Å². The van der Waals surface area contributed by atoms with Crippen molar-refractivity contribution in [2.75, 3.05) is 5.43 Å². The van der Waals surface area contributed by atoms with Gasteiger partial charge in [0.1, 0.15) is 0 Å². The molecule has 0 fully saturated rings. The molecular weight excluding hydrogens is 310 g/mol. The van der Waals surface area contributed by atoms with Crippen molar-refractivity contribution >= 4 is 21.9 Å². The van der Waals surface area contributed by atoms with Gasteiger partial charge in [0.05, 0.1) is 6.20 Å². The molecule has 0 atom stereocenters. The molecule has 2 rings (SSSR count). The highest BCUT2D eigenvalue weighted by Gasteiger charge is 2.12. The Morgan fingerprint density at radius 2 is 2.06 bits per heavy atom. The van der Waals surface area contributed by atoms with Crippen LogP contribution in [0.15, 0.2) is 28.9 Å². The van der Waals surface area contributed by atoms with E-state index in [1.807, 2.05) is 0 Å². The highest BCUT2D eigenvalue weighted by atomic mass is 79.9. The third kappa shape index (κ3) is 2.71. The first kappa shape index (κ1) is 12.7. The van der Waals surface area contributed by atoms with E-state index in [1.54, 1.807) is 6.07 Å². The Bertz CT molecular complexity index is 582. The zero-order valence-corrected chi connectivity index (χ0v) is 10.4. The van der Waals surface area contributed by atoms with E-state index in [4.69, 9.17) is 10.6 Å². The van der Waals surface area contributed by atoms with Gasteiger partial charge >= 0.3 is 0 Å². The van der Waals surface area contributed by atoms with Crippen LogP contribution in [0.3, 0.4) is 0 Å². The van der Waals surface area contributed by atoms with Gasteiger partial charge in [0, 0.05) is 4.47 Å². The van der Waals surface area contributed by atoms with E-state index in [0.717, 1.165) is 6.20 Å². The van der Waals surface area contributed by atoms with E-state index < -0.39 is 17.5 Å². The first-order chi connectivity index (χ1) is 8.60. The van der Waals surface area contributed by atoms with Crippen molar-refractivity contribution in [3.05, 3.63) is 40.5 Å². The van der Waals surface area contributed by atoms with Crippen molar-refractivity contribution in [2.24, 2.45) is 5.84 Å². The molecule has 8 heteroatoms. The molecule has 2 aromatic rings. The molecule has 0 saturated carbocycles. The number of benzene rings is 1. The highest BCUT2D eigenvalue weighted by Crippen LogP contribution is 2.27. The fourth-order valence-corrected chi connectivity index (χ4v) is 1.49. The summed E-state index contributed by atoms with van der Waals surface area (Å²) in [6.45, 7) is 0. The first-order valence-electron chi connectivity index (χ1n) is 4.72. The maximum Gasteiger partial charge on any atom is 0.261 e. The van der Waals surface area contributed by atoms with Gasteiger partial charge in [-0.15, -0.1) is 0 Å². The van der Waals surface area contributed by atoms with Crippen LogP contribution in [0.4, 0.5) is 14.7 Å². The molecule has 0 aliphatic rings. The van der Waals surface area contributed by atoms with Crippen LogP contribution in [0.2, 0.25) is 0 Å². The zero-order valence-electron chi connectivity index (χ0n) is 8.82. The van der Waals surface area contributed by atoms with Gasteiger partial charge in [0.2, 0.25) is 11.8 Å². The van der Waals surface area contributed by atoms with Gasteiger partial charge in [0.15, 0.2) is 11.6 Å². The summed E-state index contributed by atoms with van der Waals surface area (Å²) in [7, 11) is 0. The number of hydrogen-bond donors (Lipinski definition) is 2. The molecule has 94 valence electrons. The van der Waals surface area contributed by atoms with Crippen LogP contribution in [0.1, 0.15) is 0 Å². The molecule has 0 amide bonds. The summed E-state index contributed by atoms with van der Waals surface area (Å²) >= 11 is 3.10. The Hall–Kier alpha value is -1.80. The number of ether oxygens (including phenoxy) is 1. The fraction of sp³-hybridized carbons (Fsp3) is 0. The Kier molecular flexibility index (Phi) is 3.68. The number of rotatable bonds is 3. The minimum Gasteiger partial charge on any atom is -0.433 e. The quantitative estimate of drug-likeness (QED) is 0.672. The summed E-state index contributed by atoms with van der Waals surface area (Å²) in [5, 5.41) is 0. The molecule has 18 heavy (non-hydrogen) atoms. The van der Waals surface area contributed by atoms with Crippen molar-refractivity contribution in [1.29, 1.82) is 0 Å². The van der Waals surface area contributed by atoms with Crippen LogP contribution in [0, 0.1) is 11.6 Å². The van der Waals surface area contributed by atoms with Crippen molar-refractivity contribution in [3.63, 3.8) is 0 Å². The lowest BCUT2D eigenvalue weighted by Gasteiger charge is -2.07. The number of nitrogens with one attached hydrogen (secondary N) is 1. The number of hydrazine groups is 1. The SMILES string of the molecule is NNc1ncc(F)c(Oc2ccc(Br)cc2F)n1. The summed E-state index contributed by atoms with van der Waals surface area (Å²) < 4.78 is 32.4. The van der Waals surface area contributed by atoms with Gasteiger partial charge in [-0.1, -0.05) is 15.9 Å². The Labute approximate surface area is 109 Å². The molecule has 0 bridgehead atoms. The van der Waals surface area contributed by atoms with Crippen molar-refractivity contribution in [1.82, 2.24) is 9.97 Å². The van der Waals surface area contributed by atoms with Crippen LogP contribution in [-0.4, -0.2) is 9.97 Å². The molecule has 0 unspecified atom stereocenters. The van der Waals surface area contributed by atoms with Gasteiger partial charge in [-0.25, -0.2) is 15.2 Å². The molecule has 0 spiro atoms. The predicted octanol–water partition coefficient (Wildman–Crippen LogP) is 2.60. The topological polar surface area (TPSA) is 73.1 Å². The molecule has 0 saturated heterocycles. The molecule has 3 N–H and O–H groups in total. The summed E-state index contributed by atoms with van der Waals surface area (Å²) in [5.41, 5.74) is 2.13. The molecule has 0 radical (unpaired) electrons. The normalized spacial score (nSPS) is 10.2. The predicted molar refractivity (Wildman–Crippen MR) is 64.0 cm³/mol. The lowest BCUT2D eigenvalue weighted by Crippen LogP contribution is -2.11. The zero-order chi connectivity index (χ0) is 13.1. The minimum absolute atomic E-state index is 0.0380. The molecule has 1 aromatic carbocycles. The molecule has 1 heterocycles. The van der Waals surface area contributed by atoms with Crippen LogP contribution in [-0.2, 0) is 0 Å². The number of nitrogen functional groups attached to an aromatic ring is 1.